The Morgan fingerprint density at radius 1 is 0.811 bits per heavy atom. The summed E-state index contributed by atoms with van der Waals surface area (Å²) in [6.45, 7) is 19.7. The van der Waals surface area contributed by atoms with E-state index < -0.39 is 89.9 Å². The molecule has 0 bridgehead atoms. The molecule has 1 aromatic heterocycles. The summed E-state index contributed by atoms with van der Waals surface area (Å²) >= 11 is 1.14. The average molecular weight is 1260 g/mol. The van der Waals surface area contributed by atoms with E-state index in [1.54, 1.807) is 55.3 Å². The van der Waals surface area contributed by atoms with Crippen LogP contribution >= 0.6 is 11.3 Å². The van der Waals surface area contributed by atoms with Gasteiger partial charge in [-0.15, -0.1) is 11.3 Å². The third-order valence-corrected chi connectivity index (χ3v) is 18.2. The number of methoxy groups -OCH3 is 1. The quantitative estimate of drug-likeness (QED) is 0.0142. The number of benzene rings is 3. The molecule has 1 fully saturated rings. The van der Waals surface area contributed by atoms with Crippen LogP contribution < -0.4 is 37.6 Å². The van der Waals surface area contributed by atoms with E-state index in [2.05, 4.69) is 38.8 Å². The second kappa shape index (κ2) is 33.8. The molecule has 8 N–H and O–H groups in total. The Balaban J connectivity index is 1.13. The molecule has 490 valence electrons. The largest absolute Gasteiger partial charge is 0.469 e. The molecule has 4 aromatic rings. The number of nitrogens with two attached hydrogens (primary N) is 1. The summed E-state index contributed by atoms with van der Waals surface area (Å²) < 4.78 is 16.7. The van der Waals surface area contributed by atoms with Crippen LogP contribution in [-0.4, -0.2) is 145 Å². The molecule has 0 saturated carbocycles. The second-order valence-corrected chi connectivity index (χ2v) is 25.6. The summed E-state index contributed by atoms with van der Waals surface area (Å²) in [4.78, 5) is 130. The van der Waals surface area contributed by atoms with Gasteiger partial charge in [0.05, 0.1) is 19.1 Å². The third kappa shape index (κ3) is 19.5. The first-order chi connectivity index (χ1) is 42.8. The van der Waals surface area contributed by atoms with Crippen LogP contribution in [0.5, 0.6) is 0 Å². The zero-order valence-electron chi connectivity index (χ0n) is 54.2. The highest BCUT2D eigenvalue weighted by molar-refractivity contribution is 7.09. The smallest absolute Gasteiger partial charge is 0.407 e. The number of thiazole rings is 1. The van der Waals surface area contributed by atoms with Crippen LogP contribution in [0.25, 0.3) is 11.1 Å². The Morgan fingerprint density at radius 2 is 1.47 bits per heavy atom. The van der Waals surface area contributed by atoms with Crippen molar-refractivity contribution in [2.24, 2.45) is 35.3 Å². The number of likely N-dealkylation sites (tertiary alicyclic amines) is 1. The number of ether oxygens (including phenoxy) is 3. The van der Waals surface area contributed by atoms with Crippen molar-refractivity contribution in [3.63, 3.8) is 0 Å². The topological polar surface area (TPSA) is 299 Å². The van der Waals surface area contributed by atoms with Gasteiger partial charge in [-0.1, -0.05) is 122 Å². The first-order valence-electron chi connectivity index (χ1n) is 31.5. The van der Waals surface area contributed by atoms with Gasteiger partial charge in [0.1, 0.15) is 35.4 Å². The molecular formula is C67H94N10O12S. The van der Waals surface area contributed by atoms with E-state index in [1.807, 2.05) is 95.1 Å². The fourth-order valence-electron chi connectivity index (χ4n) is 11.9. The van der Waals surface area contributed by atoms with Crippen LogP contribution in [-0.2, 0) is 49.4 Å². The number of anilines is 1. The van der Waals surface area contributed by atoms with Gasteiger partial charge in [-0.25, -0.2) is 14.6 Å². The molecule has 0 spiro atoms. The van der Waals surface area contributed by atoms with E-state index in [0.717, 1.165) is 52.1 Å². The van der Waals surface area contributed by atoms with Crippen LogP contribution in [0.4, 0.5) is 15.3 Å². The maximum atomic E-state index is 14.7. The summed E-state index contributed by atoms with van der Waals surface area (Å²) in [7, 11) is 3.22. The number of aromatic nitrogens is 1. The predicted molar refractivity (Wildman–Crippen MR) is 345 cm³/mol. The van der Waals surface area contributed by atoms with Crippen LogP contribution in [0, 0.1) is 29.6 Å². The summed E-state index contributed by atoms with van der Waals surface area (Å²) in [5.74, 6) is -4.36. The maximum Gasteiger partial charge on any atom is 0.407 e. The van der Waals surface area contributed by atoms with E-state index in [4.69, 9.17) is 24.9 Å². The number of hydrogen-bond acceptors (Lipinski definition) is 15. The lowest BCUT2D eigenvalue weighted by molar-refractivity contribution is -0.150. The lowest BCUT2D eigenvalue weighted by Crippen LogP contribution is -2.59. The average Bonchev–Trinajstić information content (AvgIpc) is 1.63. The van der Waals surface area contributed by atoms with E-state index in [1.165, 1.54) is 14.0 Å². The number of amides is 8. The number of rotatable bonds is 31. The Morgan fingerprint density at radius 3 is 2.06 bits per heavy atom. The Bertz CT molecular complexity index is 3070. The fourth-order valence-corrected chi connectivity index (χ4v) is 12.8. The van der Waals surface area contributed by atoms with Crippen molar-refractivity contribution in [3.8, 4) is 11.1 Å². The highest BCUT2D eigenvalue weighted by Gasteiger charge is 2.40. The summed E-state index contributed by atoms with van der Waals surface area (Å²) in [5, 5.41) is 19.0. The van der Waals surface area contributed by atoms with Crippen molar-refractivity contribution in [1.29, 1.82) is 0 Å². The molecule has 0 unspecified atom stereocenters. The summed E-state index contributed by atoms with van der Waals surface area (Å²) in [6.07, 6.45) is 1.53. The van der Waals surface area contributed by atoms with Crippen LogP contribution in [0.1, 0.15) is 158 Å². The zero-order valence-corrected chi connectivity index (χ0v) is 55.0. The fraction of sp³-hybridized carbons (Fsp3) is 0.552. The van der Waals surface area contributed by atoms with E-state index in [9.17, 15) is 43.2 Å². The first kappa shape index (κ1) is 71.2. The maximum absolute atomic E-state index is 14.7. The van der Waals surface area contributed by atoms with Gasteiger partial charge in [0.2, 0.25) is 23.6 Å². The number of urea groups is 1. The third-order valence-electron chi connectivity index (χ3n) is 17.2. The molecule has 8 amide bonds. The lowest BCUT2D eigenvalue weighted by Gasteiger charge is -2.40. The SMILES string of the molecule is CC[C@H](C)[C@H](NC(=O)[C@H]1C[C@H](C)CCN1C)C(=O)N(CC)[C@H](C[C@@H](OC(C)=O)c1nc(C(=O)N[C@@H](Cc2ccc(NC(=O)[C@H](CCCNC(N)=O)NC(=O)[C@@H](NC(=O)OCC3c4ccccc4-c4ccccc43)C(C)C)cc2)C[C@H](C)C(=O)OC)cs1)C(C)C. The highest BCUT2D eigenvalue weighted by Crippen LogP contribution is 2.44. The number of carbonyl (C=O) groups excluding carboxylic acids is 9. The van der Waals surface area contributed by atoms with E-state index in [-0.39, 0.29) is 86.6 Å². The number of nitrogens with zero attached hydrogens (tertiary/aromatic N) is 3. The van der Waals surface area contributed by atoms with Crippen molar-refractivity contribution in [2.45, 2.75) is 169 Å². The molecule has 3 aromatic carbocycles. The van der Waals surface area contributed by atoms with E-state index in [0.29, 0.717) is 36.0 Å². The minimum atomic E-state index is -1.12. The number of primary amides is 1. The molecule has 22 nitrogen and oxygen atoms in total. The number of hydrogen-bond donors (Lipinski definition) is 7. The number of alkyl carbamates (subject to hydrolysis) is 1. The Kier molecular flexibility index (Phi) is 26.7. The van der Waals surface area contributed by atoms with Gasteiger partial charge in [0, 0.05) is 55.5 Å². The minimum Gasteiger partial charge on any atom is -0.469 e. The number of nitrogens with one attached hydrogen (secondary N) is 6. The molecule has 1 saturated heterocycles. The van der Waals surface area contributed by atoms with E-state index >= 15 is 0 Å². The van der Waals surface area contributed by atoms with Gasteiger partial charge < -0.3 is 56.7 Å². The molecule has 0 radical (unpaired) electrons. The monoisotopic (exact) mass is 1260 g/mol. The Hall–Kier alpha value is -7.92. The number of piperidine rings is 1. The molecule has 2 aliphatic rings. The molecule has 10 atom stereocenters. The standard InChI is InChI=1S/C67H94N10O12S/c1-13-41(8)58(74-61(81)55-32-40(7)29-31-76(55)11)64(83)77(14-2)54(38(3)4)35-56(89-43(10)78)63-73-53(37-90-63)60(80)71-46(33-42(9)65(84)87-12)34-44-25-27-45(28-26-44)70-59(79)52(24-19-30-69-66(68)85)72-62(82)57(39(5)6)75-67(86)88-36-51-49-22-17-15-20-47(49)48-21-16-18-23-50(48)51/h15-18,20-23,25-28,37-42,46,51-52,54-58H,13-14,19,24,29-36H2,1-12H3,(H,70,79)(H,71,80)(H,72,82)(H,74,81)(H,75,86)(H3,68,69,85)/t40-,41+,42+,46-,52+,54-,55-,56-,57+,58+/m1/s1. The van der Waals surface area contributed by atoms with Gasteiger partial charge in [-0.05, 0) is 123 Å². The van der Waals surface area contributed by atoms with Crippen LogP contribution in [0.3, 0.4) is 0 Å². The number of likely N-dealkylation sites (N-methyl/N-ethyl adjacent to an activating group) is 2. The van der Waals surface area contributed by atoms with Crippen molar-refractivity contribution in [2.75, 3.05) is 45.7 Å². The lowest BCUT2D eigenvalue weighted by atomic mass is 9.90. The first-order valence-corrected chi connectivity index (χ1v) is 32.4. The van der Waals surface area contributed by atoms with Gasteiger partial charge in [-0.2, -0.15) is 0 Å². The normalized spacial score (nSPS) is 17.4. The molecule has 6 rings (SSSR count). The zero-order chi connectivity index (χ0) is 65.9. The summed E-state index contributed by atoms with van der Waals surface area (Å²) in [6, 6.07) is 17.5. The molecule has 2 heterocycles. The molecule has 90 heavy (non-hydrogen) atoms. The predicted octanol–water partition coefficient (Wildman–Crippen LogP) is 8.25. The highest BCUT2D eigenvalue weighted by atomic mass is 32.1. The van der Waals surface area contributed by atoms with Gasteiger partial charge in [0.25, 0.3) is 5.91 Å². The van der Waals surface area contributed by atoms with Crippen molar-refractivity contribution in [3.05, 3.63) is 106 Å². The second-order valence-electron chi connectivity index (χ2n) is 24.7. The van der Waals surface area contributed by atoms with Crippen molar-refractivity contribution in [1.82, 2.24) is 41.4 Å². The number of fused-ring (bicyclic) bond motifs is 3. The van der Waals surface area contributed by atoms with Crippen LogP contribution in [0.2, 0.25) is 0 Å². The molecule has 23 heteroatoms. The van der Waals surface area contributed by atoms with Gasteiger partial charge in [0.15, 0.2) is 6.10 Å². The molecule has 1 aliphatic carbocycles. The molecule has 1 aliphatic heterocycles. The van der Waals surface area contributed by atoms with Gasteiger partial charge >= 0.3 is 24.1 Å². The van der Waals surface area contributed by atoms with Crippen LogP contribution in [0.15, 0.2) is 78.2 Å². The van der Waals surface area contributed by atoms with Crippen molar-refractivity contribution >= 4 is 70.6 Å². The van der Waals surface area contributed by atoms with Crippen molar-refractivity contribution < 1.29 is 57.4 Å². The number of carbonyl (C=O) groups is 9. The van der Waals surface area contributed by atoms with Gasteiger partial charge in [-0.3, -0.25) is 38.5 Å². The minimum absolute atomic E-state index is 0.0348. The number of esters is 2. The Labute approximate surface area is 533 Å². The summed E-state index contributed by atoms with van der Waals surface area (Å²) in [5.41, 5.74) is 10.7. The molecular weight excluding hydrogens is 1170 g/mol.